The summed E-state index contributed by atoms with van der Waals surface area (Å²) in [6.07, 6.45) is 0. The minimum Gasteiger partial charge on any atom is -0.508 e. The number of hydrogen-bond acceptors (Lipinski definition) is 10. The van der Waals surface area contributed by atoms with Gasteiger partial charge in [0.15, 0.2) is 0 Å². The highest BCUT2D eigenvalue weighted by Gasteiger charge is 2.49. The maximum Gasteiger partial charge on any atom is 0.338 e. The molecule has 1 aromatic rings. The Balaban J connectivity index is 2.37. The number of phenols is 1. The topological polar surface area (TPSA) is 162 Å². The van der Waals surface area contributed by atoms with E-state index in [-0.39, 0.29) is 46.5 Å². The summed E-state index contributed by atoms with van der Waals surface area (Å²) in [6.45, 7) is 4.70. The molecule has 12 heteroatoms. The number of nitrogens with two attached hydrogens (primary N) is 1. The average Bonchev–Trinajstić information content (AvgIpc) is 3.02. The normalized spacial score (nSPS) is 20.3. The third kappa shape index (κ3) is 3.77. The summed E-state index contributed by atoms with van der Waals surface area (Å²) >= 11 is 1.04. The number of fused-ring (bicyclic) bond motifs is 1. The van der Waals surface area contributed by atoms with Gasteiger partial charge in [0.1, 0.15) is 11.6 Å². The van der Waals surface area contributed by atoms with Crippen LogP contribution in [0.25, 0.3) is 0 Å². The van der Waals surface area contributed by atoms with Gasteiger partial charge in [-0.25, -0.2) is 9.59 Å². The SMILES string of the molecule is CCOC(=O)C1=C(N)N2C(=O)[C@H](C)SC2=C(C(=O)OCC)[C@@H]1c1cc([N+](=O)[O-])ccc1O. The Kier molecular flexibility index (Phi) is 6.44. The van der Waals surface area contributed by atoms with Crippen LogP contribution in [0.5, 0.6) is 5.75 Å². The van der Waals surface area contributed by atoms with Gasteiger partial charge in [-0.3, -0.25) is 19.8 Å². The Morgan fingerprint density at radius 3 is 2.38 bits per heavy atom. The highest BCUT2D eigenvalue weighted by Crippen LogP contribution is 2.51. The number of non-ortho nitro benzene ring substituents is 1. The van der Waals surface area contributed by atoms with Gasteiger partial charge in [-0.2, -0.15) is 0 Å². The molecule has 0 unspecified atom stereocenters. The van der Waals surface area contributed by atoms with Crippen LogP contribution in [0.2, 0.25) is 0 Å². The minimum atomic E-state index is -1.36. The number of amides is 1. The number of phenolic OH excluding ortho intramolecular Hbond substituents is 1. The second-order valence-corrected chi connectivity index (χ2v) is 8.16. The van der Waals surface area contributed by atoms with Gasteiger partial charge < -0.3 is 20.3 Å². The van der Waals surface area contributed by atoms with E-state index in [0.29, 0.717) is 0 Å². The zero-order chi connectivity index (χ0) is 23.7. The molecule has 0 saturated carbocycles. The summed E-state index contributed by atoms with van der Waals surface area (Å²) < 4.78 is 10.3. The number of carbonyl (C=O) groups excluding carboxylic acids is 3. The lowest BCUT2D eigenvalue weighted by Crippen LogP contribution is -2.40. The summed E-state index contributed by atoms with van der Waals surface area (Å²) in [5, 5.41) is 21.4. The van der Waals surface area contributed by atoms with Crippen molar-refractivity contribution in [2.24, 2.45) is 5.73 Å². The number of esters is 2. The number of nitrogens with zero attached hydrogens (tertiary/aromatic N) is 2. The van der Waals surface area contributed by atoms with Crippen LogP contribution in [0.3, 0.4) is 0 Å². The number of rotatable bonds is 6. The van der Waals surface area contributed by atoms with E-state index >= 15 is 0 Å². The fourth-order valence-corrected chi connectivity index (χ4v) is 4.71. The minimum absolute atomic E-state index is 0.00858. The van der Waals surface area contributed by atoms with E-state index in [1.165, 1.54) is 0 Å². The second kappa shape index (κ2) is 8.91. The van der Waals surface area contributed by atoms with Crippen molar-refractivity contribution in [2.45, 2.75) is 31.9 Å². The van der Waals surface area contributed by atoms with Gasteiger partial charge in [-0.1, -0.05) is 11.8 Å². The van der Waals surface area contributed by atoms with E-state index in [2.05, 4.69) is 0 Å². The van der Waals surface area contributed by atoms with Gasteiger partial charge >= 0.3 is 11.9 Å². The number of aromatic hydroxyl groups is 1. The summed E-state index contributed by atoms with van der Waals surface area (Å²) in [6, 6.07) is 3.22. The molecule has 1 amide bonds. The predicted octanol–water partition coefficient (Wildman–Crippen LogP) is 1.87. The molecule has 1 saturated heterocycles. The van der Waals surface area contributed by atoms with Gasteiger partial charge in [0.2, 0.25) is 5.91 Å². The molecule has 11 nitrogen and oxygen atoms in total. The van der Waals surface area contributed by atoms with Crippen molar-refractivity contribution in [1.29, 1.82) is 0 Å². The molecule has 0 bridgehead atoms. The first-order chi connectivity index (χ1) is 15.1. The number of nitro groups is 1. The number of benzene rings is 1. The van der Waals surface area contributed by atoms with Crippen molar-refractivity contribution in [2.75, 3.05) is 13.2 Å². The van der Waals surface area contributed by atoms with Crippen LogP contribution in [-0.2, 0) is 23.9 Å². The second-order valence-electron chi connectivity index (χ2n) is 6.83. The van der Waals surface area contributed by atoms with Crippen LogP contribution in [0.4, 0.5) is 5.69 Å². The monoisotopic (exact) mass is 463 g/mol. The fraction of sp³-hybridized carbons (Fsp3) is 0.350. The molecule has 2 aliphatic heterocycles. The van der Waals surface area contributed by atoms with E-state index < -0.39 is 39.7 Å². The highest BCUT2D eigenvalue weighted by molar-refractivity contribution is 8.04. The maximum atomic E-state index is 13.0. The molecule has 0 aromatic heterocycles. The lowest BCUT2D eigenvalue weighted by molar-refractivity contribution is -0.384. The molecule has 1 fully saturated rings. The van der Waals surface area contributed by atoms with Crippen molar-refractivity contribution < 1.29 is 33.9 Å². The standard InChI is InChI=1S/C20H21N3O8S/c1-4-30-19(26)14-13(11-8-10(23(28)29)6-7-12(11)24)15(20(27)31-5-2)18-22(16(14)21)17(25)9(3)32-18/h6-9,13,24H,4-5,21H2,1-3H3/t9-,13+/m0/s1. The van der Waals surface area contributed by atoms with Gasteiger partial charge in [0.25, 0.3) is 5.69 Å². The van der Waals surface area contributed by atoms with Crippen LogP contribution in [0.1, 0.15) is 32.3 Å². The molecule has 0 aliphatic carbocycles. The van der Waals surface area contributed by atoms with Crippen molar-refractivity contribution in [3.63, 3.8) is 0 Å². The Hall–Kier alpha value is -3.54. The van der Waals surface area contributed by atoms with E-state index in [1.54, 1.807) is 20.8 Å². The van der Waals surface area contributed by atoms with Gasteiger partial charge in [-0.05, 0) is 26.8 Å². The fourth-order valence-electron chi connectivity index (χ4n) is 3.54. The van der Waals surface area contributed by atoms with Gasteiger partial charge in [0, 0.05) is 17.7 Å². The Bertz CT molecular complexity index is 1080. The molecular weight excluding hydrogens is 442 g/mol. The third-order valence-corrected chi connectivity index (χ3v) is 6.09. The molecule has 0 radical (unpaired) electrons. The van der Waals surface area contributed by atoms with E-state index in [0.717, 1.165) is 34.9 Å². The van der Waals surface area contributed by atoms with Crippen LogP contribution in [0.15, 0.2) is 40.2 Å². The zero-order valence-electron chi connectivity index (χ0n) is 17.5. The maximum absolute atomic E-state index is 13.0. The van der Waals surface area contributed by atoms with Gasteiger partial charge in [-0.15, -0.1) is 0 Å². The average molecular weight is 463 g/mol. The number of hydrogen-bond donors (Lipinski definition) is 2. The molecule has 32 heavy (non-hydrogen) atoms. The summed E-state index contributed by atoms with van der Waals surface area (Å²) in [4.78, 5) is 50.5. The van der Waals surface area contributed by atoms with Crippen LogP contribution in [-0.4, -0.2) is 51.2 Å². The molecule has 2 heterocycles. The third-order valence-electron chi connectivity index (χ3n) is 4.91. The van der Waals surface area contributed by atoms with E-state index in [9.17, 15) is 29.6 Å². The first kappa shape index (κ1) is 23.1. The quantitative estimate of drug-likeness (QED) is 0.362. The van der Waals surface area contributed by atoms with Crippen LogP contribution >= 0.6 is 11.8 Å². The van der Waals surface area contributed by atoms with Crippen molar-refractivity contribution in [1.82, 2.24) is 4.90 Å². The summed E-state index contributed by atoms with van der Waals surface area (Å²) in [5.41, 5.74) is 5.30. The molecule has 2 aliphatic rings. The first-order valence-corrected chi connectivity index (χ1v) is 10.6. The molecular formula is C20H21N3O8S. The largest absolute Gasteiger partial charge is 0.508 e. The van der Waals surface area contributed by atoms with Crippen LogP contribution < -0.4 is 5.73 Å². The molecule has 3 N–H and O–H groups in total. The van der Waals surface area contributed by atoms with Crippen molar-refractivity contribution in [3.05, 3.63) is 55.9 Å². The summed E-state index contributed by atoms with van der Waals surface area (Å²) in [5.74, 6) is -4.28. The Morgan fingerprint density at radius 2 is 1.81 bits per heavy atom. The first-order valence-electron chi connectivity index (χ1n) is 9.69. The van der Waals surface area contributed by atoms with Crippen molar-refractivity contribution >= 4 is 35.3 Å². The molecule has 0 spiro atoms. The van der Waals surface area contributed by atoms with E-state index in [4.69, 9.17) is 15.2 Å². The molecule has 2 atom stereocenters. The van der Waals surface area contributed by atoms with Gasteiger partial charge in [0.05, 0.1) is 45.5 Å². The Labute approximate surface area is 187 Å². The number of carbonyl (C=O) groups is 3. The molecule has 1 aromatic carbocycles. The number of thioether (sulfide) groups is 1. The van der Waals surface area contributed by atoms with E-state index in [1.807, 2.05) is 0 Å². The smallest absolute Gasteiger partial charge is 0.338 e. The predicted molar refractivity (Wildman–Crippen MR) is 113 cm³/mol. The lowest BCUT2D eigenvalue weighted by Gasteiger charge is -2.33. The van der Waals surface area contributed by atoms with Crippen LogP contribution in [0, 0.1) is 10.1 Å². The summed E-state index contributed by atoms with van der Waals surface area (Å²) in [7, 11) is 0. The molecule has 3 rings (SSSR count). The zero-order valence-corrected chi connectivity index (χ0v) is 18.3. The number of nitro benzene ring substituents is 1. The highest BCUT2D eigenvalue weighted by atomic mass is 32.2. The molecule has 170 valence electrons. The Morgan fingerprint density at radius 1 is 1.22 bits per heavy atom. The number of ether oxygens (including phenoxy) is 2. The lowest BCUT2D eigenvalue weighted by atomic mass is 9.81. The van der Waals surface area contributed by atoms with Crippen molar-refractivity contribution in [3.8, 4) is 5.75 Å².